The fourth-order valence-corrected chi connectivity index (χ4v) is 2.63. The van der Waals surface area contributed by atoms with Gasteiger partial charge in [0.1, 0.15) is 6.61 Å². The van der Waals surface area contributed by atoms with E-state index >= 15 is 0 Å². The lowest BCUT2D eigenvalue weighted by Gasteiger charge is -2.40. The number of hydrogen-bond acceptors (Lipinski definition) is 4. The first-order valence-electron chi connectivity index (χ1n) is 6.82. The highest BCUT2D eigenvalue weighted by Crippen LogP contribution is 2.37. The lowest BCUT2D eigenvalue weighted by Crippen LogP contribution is -2.47. The Balaban J connectivity index is 2.45. The second-order valence-corrected chi connectivity index (χ2v) is 5.67. The second kappa shape index (κ2) is 6.86. The van der Waals surface area contributed by atoms with Crippen molar-refractivity contribution in [3.05, 3.63) is 0 Å². The number of nitrogens with one attached hydrogen (secondary N) is 1. The number of hydrogen-bond donors (Lipinski definition) is 3. The van der Waals surface area contributed by atoms with E-state index in [1.165, 1.54) is 0 Å². The largest absolute Gasteiger partial charge is 0.364 e. The van der Waals surface area contributed by atoms with Crippen molar-refractivity contribution in [2.24, 2.45) is 23.3 Å². The summed E-state index contributed by atoms with van der Waals surface area (Å²) in [6, 6.07) is -0.862. The van der Waals surface area contributed by atoms with Crippen molar-refractivity contribution in [3.8, 4) is 0 Å². The summed E-state index contributed by atoms with van der Waals surface area (Å²) in [4.78, 5) is 21.9. The number of ether oxygens (including phenoxy) is 1. The van der Waals surface area contributed by atoms with Gasteiger partial charge in [-0.25, -0.2) is 4.79 Å². The predicted molar refractivity (Wildman–Crippen MR) is 72.3 cm³/mol. The quantitative estimate of drug-likeness (QED) is 0.685. The van der Waals surface area contributed by atoms with Gasteiger partial charge in [0.05, 0.1) is 5.60 Å². The minimum atomic E-state index is -0.862. The third-order valence-electron chi connectivity index (χ3n) is 4.03. The Kier molecular flexibility index (Phi) is 5.75. The lowest BCUT2D eigenvalue weighted by atomic mass is 9.74. The molecule has 19 heavy (non-hydrogen) atoms. The molecule has 0 saturated heterocycles. The van der Waals surface area contributed by atoms with E-state index in [2.05, 4.69) is 13.8 Å². The van der Waals surface area contributed by atoms with Crippen molar-refractivity contribution in [3.63, 3.8) is 0 Å². The molecule has 0 unspecified atom stereocenters. The van der Waals surface area contributed by atoms with Crippen LogP contribution in [0, 0.1) is 11.8 Å². The minimum Gasteiger partial charge on any atom is -0.364 e. The summed E-state index contributed by atoms with van der Waals surface area (Å²) in [7, 11) is 0. The number of imide groups is 1. The SMILES string of the molecule is CC(C)C1CCC(CN)(OCC(=O)NC(N)=O)CC1. The van der Waals surface area contributed by atoms with Gasteiger partial charge in [0.25, 0.3) is 5.91 Å². The van der Waals surface area contributed by atoms with Gasteiger partial charge in [-0.05, 0) is 37.5 Å². The van der Waals surface area contributed by atoms with Crippen LogP contribution in [0.4, 0.5) is 4.79 Å². The molecule has 1 aliphatic carbocycles. The molecule has 0 aromatic heterocycles. The summed E-state index contributed by atoms with van der Waals surface area (Å²) in [6.07, 6.45) is 3.84. The van der Waals surface area contributed by atoms with Crippen molar-refractivity contribution in [1.82, 2.24) is 5.32 Å². The number of nitrogens with two attached hydrogens (primary N) is 2. The highest BCUT2D eigenvalue weighted by atomic mass is 16.5. The maximum absolute atomic E-state index is 11.3. The van der Waals surface area contributed by atoms with Crippen molar-refractivity contribution < 1.29 is 14.3 Å². The molecular formula is C13H25N3O3. The van der Waals surface area contributed by atoms with Crippen LogP contribution in [0.1, 0.15) is 39.5 Å². The van der Waals surface area contributed by atoms with Gasteiger partial charge in [-0.2, -0.15) is 0 Å². The van der Waals surface area contributed by atoms with E-state index in [0.717, 1.165) is 25.7 Å². The predicted octanol–water partition coefficient (Wildman–Crippen LogP) is 0.742. The molecular weight excluding hydrogens is 246 g/mol. The Morgan fingerprint density at radius 3 is 2.37 bits per heavy atom. The molecule has 0 bridgehead atoms. The van der Waals surface area contributed by atoms with Crippen molar-refractivity contribution in [2.45, 2.75) is 45.1 Å². The zero-order valence-corrected chi connectivity index (χ0v) is 11.8. The molecule has 110 valence electrons. The molecule has 0 spiro atoms. The summed E-state index contributed by atoms with van der Waals surface area (Å²) in [5.74, 6) is 0.836. The number of amides is 3. The molecule has 0 aromatic carbocycles. The Morgan fingerprint density at radius 2 is 1.95 bits per heavy atom. The summed E-state index contributed by atoms with van der Waals surface area (Å²) in [5, 5.41) is 1.98. The molecule has 5 N–H and O–H groups in total. The maximum Gasteiger partial charge on any atom is 0.318 e. The highest BCUT2D eigenvalue weighted by molar-refractivity contribution is 5.94. The topological polar surface area (TPSA) is 107 Å². The van der Waals surface area contributed by atoms with Crippen molar-refractivity contribution >= 4 is 11.9 Å². The number of primary amides is 1. The van der Waals surface area contributed by atoms with Gasteiger partial charge in [0, 0.05) is 6.54 Å². The van der Waals surface area contributed by atoms with E-state index in [0.29, 0.717) is 18.4 Å². The Hall–Kier alpha value is -1.14. The second-order valence-electron chi connectivity index (χ2n) is 5.67. The lowest BCUT2D eigenvalue weighted by molar-refractivity contribution is -0.135. The zero-order chi connectivity index (χ0) is 14.5. The summed E-state index contributed by atoms with van der Waals surface area (Å²) < 4.78 is 5.67. The van der Waals surface area contributed by atoms with Gasteiger partial charge in [-0.3, -0.25) is 10.1 Å². The van der Waals surface area contributed by atoms with E-state index < -0.39 is 17.5 Å². The van der Waals surface area contributed by atoms with Crippen LogP contribution < -0.4 is 16.8 Å². The van der Waals surface area contributed by atoms with Gasteiger partial charge in [0.15, 0.2) is 0 Å². The Labute approximate surface area is 114 Å². The smallest absolute Gasteiger partial charge is 0.318 e. The molecule has 0 aromatic rings. The van der Waals surface area contributed by atoms with E-state index in [9.17, 15) is 9.59 Å². The fourth-order valence-electron chi connectivity index (χ4n) is 2.63. The number of carbonyl (C=O) groups is 2. The minimum absolute atomic E-state index is 0.174. The molecule has 0 aliphatic heterocycles. The van der Waals surface area contributed by atoms with Gasteiger partial charge < -0.3 is 16.2 Å². The molecule has 1 fully saturated rings. The summed E-state index contributed by atoms with van der Waals surface area (Å²) in [5.41, 5.74) is 10.2. The zero-order valence-electron chi connectivity index (χ0n) is 11.8. The van der Waals surface area contributed by atoms with E-state index in [-0.39, 0.29) is 6.61 Å². The third-order valence-corrected chi connectivity index (χ3v) is 4.03. The van der Waals surface area contributed by atoms with E-state index in [1.54, 1.807) is 0 Å². The first-order chi connectivity index (χ1) is 8.88. The molecule has 0 heterocycles. The summed E-state index contributed by atoms with van der Waals surface area (Å²) in [6.45, 7) is 4.66. The fraction of sp³-hybridized carbons (Fsp3) is 0.846. The van der Waals surface area contributed by atoms with Crippen LogP contribution in [0.15, 0.2) is 0 Å². The van der Waals surface area contributed by atoms with Gasteiger partial charge in [-0.1, -0.05) is 13.8 Å². The molecule has 0 atom stereocenters. The van der Waals surface area contributed by atoms with E-state index in [4.69, 9.17) is 16.2 Å². The molecule has 1 rings (SSSR count). The molecule has 3 amide bonds. The standard InChI is InChI=1S/C13H25N3O3/c1-9(2)10-3-5-13(8-14,6-4-10)19-7-11(17)16-12(15)18/h9-10H,3-8,14H2,1-2H3,(H3,15,16,17,18). The first-order valence-corrected chi connectivity index (χ1v) is 6.82. The third kappa shape index (κ3) is 4.80. The van der Waals surface area contributed by atoms with Crippen LogP contribution in [0.3, 0.4) is 0 Å². The van der Waals surface area contributed by atoms with Crippen LogP contribution in [0.5, 0.6) is 0 Å². The van der Waals surface area contributed by atoms with Crippen LogP contribution in [0.2, 0.25) is 0 Å². The average Bonchev–Trinajstić information content (AvgIpc) is 2.36. The normalized spacial score (nSPS) is 27.3. The van der Waals surface area contributed by atoms with Crippen molar-refractivity contribution in [2.75, 3.05) is 13.2 Å². The maximum atomic E-state index is 11.3. The Morgan fingerprint density at radius 1 is 1.37 bits per heavy atom. The number of carbonyl (C=O) groups excluding carboxylic acids is 2. The van der Waals surface area contributed by atoms with Gasteiger partial charge in [0.2, 0.25) is 0 Å². The van der Waals surface area contributed by atoms with Gasteiger partial charge in [-0.15, -0.1) is 0 Å². The molecule has 1 saturated carbocycles. The molecule has 1 aliphatic rings. The number of rotatable bonds is 5. The summed E-state index contributed by atoms with van der Waals surface area (Å²) >= 11 is 0. The van der Waals surface area contributed by atoms with Crippen LogP contribution in [0.25, 0.3) is 0 Å². The van der Waals surface area contributed by atoms with Crippen LogP contribution in [-0.4, -0.2) is 30.7 Å². The average molecular weight is 271 g/mol. The number of urea groups is 1. The van der Waals surface area contributed by atoms with Crippen LogP contribution >= 0.6 is 0 Å². The van der Waals surface area contributed by atoms with Gasteiger partial charge >= 0.3 is 6.03 Å². The van der Waals surface area contributed by atoms with Crippen molar-refractivity contribution in [1.29, 1.82) is 0 Å². The molecule has 0 radical (unpaired) electrons. The Bertz CT molecular complexity index is 323. The highest BCUT2D eigenvalue weighted by Gasteiger charge is 2.36. The monoisotopic (exact) mass is 271 g/mol. The molecule has 6 heteroatoms. The van der Waals surface area contributed by atoms with E-state index in [1.807, 2.05) is 5.32 Å². The van der Waals surface area contributed by atoms with Crippen LogP contribution in [-0.2, 0) is 9.53 Å². The first kappa shape index (κ1) is 15.9. The molecule has 6 nitrogen and oxygen atoms in total.